The molecule has 0 aliphatic heterocycles. The maximum absolute atomic E-state index is 12.8. The Balaban J connectivity index is 1.41. The van der Waals surface area contributed by atoms with Crippen molar-refractivity contribution in [2.45, 2.75) is 6.92 Å². The standard InChI is InChI=1S/C25H16ClN3O5/c1-14-6-9-19-23(12-14)34-25(28-19)17-13-15(7-8-18(17)26)27-24(30)22-11-10-21(33-22)16-4-2-3-5-20(16)29(31)32/h2-13H,1H3,(H,27,30). The number of nitrogens with one attached hydrogen (secondary N) is 1. The number of halogens is 1. The maximum Gasteiger partial charge on any atom is 0.291 e. The Hall–Kier alpha value is -4.43. The van der Waals surface area contributed by atoms with E-state index in [-0.39, 0.29) is 22.8 Å². The van der Waals surface area contributed by atoms with Crippen molar-refractivity contribution in [2.75, 3.05) is 5.32 Å². The molecule has 0 unspecified atom stereocenters. The van der Waals surface area contributed by atoms with Gasteiger partial charge in [0, 0.05) is 11.8 Å². The summed E-state index contributed by atoms with van der Waals surface area (Å²) in [6.45, 7) is 1.96. The molecule has 9 heteroatoms. The number of carbonyl (C=O) groups excluding carboxylic acids is 1. The molecule has 0 aliphatic rings. The lowest BCUT2D eigenvalue weighted by Crippen LogP contribution is -2.10. The van der Waals surface area contributed by atoms with Gasteiger partial charge >= 0.3 is 0 Å². The Kier molecular flexibility index (Phi) is 5.35. The number of anilines is 1. The topological polar surface area (TPSA) is 111 Å². The second-order valence-corrected chi connectivity index (χ2v) is 7.98. The molecule has 0 spiro atoms. The van der Waals surface area contributed by atoms with Crippen molar-refractivity contribution in [2.24, 2.45) is 0 Å². The fraction of sp³-hybridized carbons (Fsp3) is 0.0400. The number of oxazole rings is 1. The van der Waals surface area contributed by atoms with Gasteiger partial charge in [0.05, 0.1) is 21.1 Å². The summed E-state index contributed by atoms with van der Waals surface area (Å²) in [7, 11) is 0. The van der Waals surface area contributed by atoms with Crippen LogP contribution in [0.5, 0.6) is 0 Å². The van der Waals surface area contributed by atoms with Crippen molar-refractivity contribution >= 4 is 40.0 Å². The molecule has 0 atom stereocenters. The average molecular weight is 474 g/mol. The van der Waals surface area contributed by atoms with E-state index in [2.05, 4.69) is 10.3 Å². The minimum atomic E-state index is -0.522. The number of carbonyl (C=O) groups is 1. The number of aryl methyl sites for hydroxylation is 1. The van der Waals surface area contributed by atoms with Gasteiger partial charge in [-0.1, -0.05) is 29.8 Å². The van der Waals surface area contributed by atoms with Gasteiger partial charge in [-0.05, 0) is 61.0 Å². The molecule has 0 aliphatic carbocycles. The zero-order valence-electron chi connectivity index (χ0n) is 17.7. The smallest absolute Gasteiger partial charge is 0.291 e. The Bertz CT molecular complexity index is 1570. The quantitative estimate of drug-likeness (QED) is 0.220. The number of furan rings is 1. The van der Waals surface area contributed by atoms with E-state index in [0.717, 1.165) is 5.56 Å². The van der Waals surface area contributed by atoms with Crippen molar-refractivity contribution in [3.05, 3.63) is 99.3 Å². The van der Waals surface area contributed by atoms with Crippen LogP contribution in [-0.2, 0) is 0 Å². The van der Waals surface area contributed by atoms with E-state index in [9.17, 15) is 14.9 Å². The van der Waals surface area contributed by atoms with Crippen LogP contribution < -0.4 is 5.32 Å². The van der Waals surface area contributed by atoms with Gasteiger partial charge in [-0.2, -0.15) is 0 Å². The minimum Gasteiger partial charge on any atom is -0.451 e. The number of aromatic nitrogens is 1. The minimum absolute atomic E-state index is 0.00184. The van der Waals surface area contributed by atoms with E-state index in [1.165, 1.54) is 18.2 Å². The molecule has 0 radical (unpaired) electrons. The number of rotatable bonds is 5. The van der Waals surface area contributed by atoms with Crippen LogP contribution in [0.15, 0.2) is 81.6 Å². The summed E-state index contributed by atoms with van der Waals surface area (Å²) in [5.74, 6) is 0.0303. The normalized spacial score (nSPS) is 11.0. The lowest BCUT2D eigenvalue weighted by Gasteiger charge is -2.06. The number of para-hydroxylation sites is 1. The van der Waals surface area contributed by atoms with Crippen molar-refractivity contribution in [3.8, 4) is 22.8 Å². The van der Waals surface area contributed by atoms with E-state index in [4.69, 9.17) is 20.4 Å². The van der Waals surface area contributed by atoms with E-state index < -0.39 is 10.8 Å². The van der Waals surface area contributed by atoms with Crippen LogP contribution in [0.3, 0.4) is 0 Å². The summed E-state index contributed by atoms with van der Waals surface area (Å²) in [5, 5.41) is 14.4. The van der Waals surface area contributed by atoms with E-state index in [0.29, 0.717) is 33.3 Å². The lowest BCUT2D eigenvalue weighted by atomic mass is 10.1. The van der Waals surface area contributed by atoms with Gasteiger partial charge in [-0.25, -0.2) is 4.98 Å². The third kappa shape index (κ3) is 4.02. The number of hydrogen-bond donors (Lipinski definition) is 1. The monoisotopic (exact) mass is 473 g/mol. The molecule has 8 nitrogen and oxygen atoms in total. The number of benzene rings is 3. The Morgan fingerprint density at radius 3 is 2.65 bits per heavy atom. The second-order valence-electron chi connectivity index (χ2n) is 7.58. The third-order valence-corrected chi connectivity index (χ3v) is 5.52. The summed E-state index contributed by atoms with van der Waals surface area (Å²) in [5.41, 5.74) is 3.52. The van der Waals surface area contributed by atoms with Crippen molar-refractivity contribution < 1.29 is 18.6 Å². The molecular weight excluding hydrogens is 458 g/mol. The molecule has 3 aromatic carbocycles. The van der Waals surface area contributed by atoms with Crippen LogP contribution in [0.25, 0.3) is 33.9 Å². The molecule has 1 N–H and O–H groups in total. The molecule has 2 aromatic heterocycles. The first-order valence-corrected chi connectivity index (χ1v) is 10.6. The highest BCUT2D eigenvalue weighted by molar-refractivity contribution is 6.33. The van der Waals surface area contributed by atoms with Gasteiger partial charge < -0.3 is 14.2 Å². The highest BCUT2D eigenvalue weighted by Gasteiger charge is 2.20. The highest BCUT2D eigenvalue weighted by atomic mass is 35.5. The largest absolute Gasteiger partial charge is 0.451 e. The Morgan fingerprint density at radius 2 is 1.82 bits per heavy atom. The molecule has 168 valence electrons. The first kappa shape index (κ1) is 21.4. The van der Waals surface area contributed by atoms with Crippen LogP contribution in [0.4, 0.5) is 11.4 Å². The number of hydrogen-bond acceptors (Lipinski definition) is 6. The van der Waals surface area contributed by atoms with Crippen LogP contribution in [0.1, 0.15) is 16.1 Å². The number of nitro benzene ring substituents is 1. The van der Waals surface area contributed by atoms with E-state index in [1.807, 2.05) is 25.1 Å². The van der Waals surface area contributed by atoms with Gasteiger partial charge in [0.1, 0.15) is 11.3 Å². The summed E-state index contributed by atoms with van der Waals surface area (Å²) >= 11 is 6.37. The van der Waals surface area contributed by atoms with E-state index >= 15 is 0 Å². The molecule has 34 heavy (non-hydrogen) atoms. The lowest BCUT2D eigenvalue weighted by molar-refractivity contribution is -0.384. The van der Waals surface area contributed by atoms with Crippen LogP contribution in [0.2, 0.25) is 5.02 Å². The summed E-state index contributed by atoms with van der Waals surface area (Å²) < 4.78 is 11.5. The Labute approximate surface area is 197 Å². The summed E-state index contributed by atoms with van der Waals surface area (Å²) in [6, 6.07) is 19.8. The fourth-order valence-corrected chi connectivity index (χ4v) is 3.75. The second kappa shape index (κ2) is 8.49. The molecule has 0 bridgehead atoms. The van der Waals surface area contributed by atoms with Gasteiger partial charge in [-0.3, -0.25) is 14.9 Å². The number of fused-ring (bicyclic) bond motifs is 1. The Morgan fingerprint density at radius 1 is 1.00 bits per heavy atom. The van der Waals surface area contributed by atoms with E-state index in [1.54, 1.807) is 36.4 Å². The maximum atomic E-state index is 12.8. The zero-order chi connectivity index (χ0) is 23.8. The predicted molar refractivity (Wildman–Crippen MR) is 128 cm³/mol. The van der Waals surface area contributed by atoms with Crippen molar-refractivity contribution in [1.29, 1.82) is 0 Å². The predicted octanol–water partition coefficient (Wildman–Crippen LogP) is 6.88. The molecule has 5 aromatic rings. The van der Waals surface area contributed by atoms with Gasteiger partial charge in [0.25, 0.3) is 11.6 Å². The number of nitrogens with zero attached hydrogens (tertiary/aromatic N) is 2. The molecule has 5 rings (SSSR count). The van der Waals surface area contributed by atoms with Gasteiger partial charge in [-0.15, -0.1) is 0 Å². The molecule has 1 amide bonds. The molecular formula is C25H16ClN3O5. The summed E-state index contributed by atoms with van der Waals surface area (Å²) in [6.07, 6.45) is 0. The fourth-order valence-electron chi connectivity index (χ4n) is 3.55. The first-order valence-electron chi connectivity index (χ1n) is 10.2. The van der Waals surface area contributed by atoms with Crippen LogP contribution in [0, 0.1) is 17.0 Å². The highest BCUT2D eigenvalue weighted by Crippen LogP contribution is 2.34. The SMILES string of the molecule is Cc1ccc2nc(-c3cc(NC(=O)c4ccc(-c5ccccc5[N+](=O)[O-])o4)ccc3Cl)oc2c1. The molecule has 0 saturated heterocycles. The first-order chi connectivity index (χ1) is 16.4. The number of nitro groups is 1. The zero-order valence-corrected chi connectivity index (χ0v) is 18.5. The van der Waals surface area contributed by atoms with Crippen molar-refractivity contribution in [3.63, 3.8) is 0 Å². The third-order valence-electron chi connectivity index (χ3n) is 5.19. The summed E-state index contributed by atoms with van der Waals surface area (Å²) in [4.78, 5) is 28.1. The van der Waals surface area contributed by atoms with Gasteiger partial charge in [0.15, 0.2) is 11.3 Å². The molecule has 0 saturated carbocycles. The van der Waals surface area contributed by atoms with Crippen LogP contribution in [-0.4, -0.2) is 15.8 Å². The van der Waals surface area contributed by atoms with Gasteiger partial charge in [0.2, 0.25) is 5.89 Å². The average Bonchev–Trinajstić information content (AvgIpc) is 3.47. The molecule has 0 fully saturated rings. The number of amides is 1. The molecule has 2 heterocycles. The van der Waals surface area contributed by atoms with Crippen LogP contribution >= 0.6 is 11.6 Å². The van der Waals surface area contributed by atoms with Crippen molar-refractivity contribution in [1.82, 2.24) is 4.98 Å².